The predicted molar refractivity (Wildman–Crippen MR) is 108 cm³/mol. The average molecular weight is 449 g/mol. The fourth-order valence-electron chi connectivity index (χ4n) is 3.12. The number of halogens is 4. The van der Waals surface area contributed by atoms with Crippen LogP contribution in [0.1, 0.15) is 33.1 Å². The Morgan fingerprint density at radius 3 is 2.52 bits per heavy atom. The van der Waals surface area contributed by atoms with Crippen LogP contribution in [0.5, 0.6) is 0 Å². The number of carbonyl (C=O) groups is 1. The number of anilines is 1. The lowest BCUT2D eigenvalue weighted by Gasteiger charge is -2.09. The number of nitrogens with one attached hydrogen (secondary N) is 1. The van der Waals surface area contributed by atoms with Gasteiger partial charge in [-0.3, -0.25) is 9.48 Å². The Balaban J connectivity index is 1.64. The number of benzene rings is 1. The first-order valence-electron chi connectivity index (χ1n) is 9.16. The molecule has 0 aliphatic rings. The molecule has 0 radical (unpaired) electrons. The van der Waals surface area contributed by atoms with Gasteiger partial charge in [0.05, 0.1) is 6.54 Å². The van der Waals surface area contributed by atoms with E-state index in [0.29, 0.717) is 11.1 Å². The molecule has 31 heavy (non-hydrogen) atoms. The molecule has 11 heteroatoms. The number of rotatable bonds is 4. The van der Waals surface area contributed by atoms with Crippen molar-refractivity contribution < 1.29 is 18.0 Å². The van der Waals surface area contributed by atoms with E-state index in [-0.39, 0.29) is 27.9 Å². The minimum absolute atomic E-state index is 0.101. The zero-order chi connectivity index (χ0) is 22.3. The second kappa shape index (κ2) is 7.69. The molecular formula is C20H16ClF3N6O. The summed E-state index contributed by atoms with van der Waals surface area (Å²) in [4.78, 5) is 16.7. The van der Waals surface area contributed by atoms with E-state index in [1.54, 1.807) is 10.7 Å². The third-order valence-electron chi connectivity index (χ3n) is 4.56. The van der Waals surface area contributed by atoms with Crippen molar-refractivity contribution in [1.29, 1.82) is 0 Å². The van der Waals surface area contributed by atoms with Gasteiger partial charge in [-0.2, -0.15) is 23.4 Å². The van der Waals surface area contributed by atoms with E-state index in [9.17, 15) is 18.0 Å². The Labute approximate surface area is 179 Å². The highest BCUT2D eigenvalue weighted by molar-refractivity contribution is 6.37. The number of fused-ring (bicyclic) bond motifs is 1. The zero-order valence-corrected chi connectivity index (χ0v) is 17.2. The highest BCUT2D eigenvalue weighted by atomic mass is 35.5. The van der Waals surface area contributed by atoms with Crippen LogP contribution in [0.3, 0.4) is 0 Å². The quantitative estimate of drug-likeness (QED) is 0.498. The van der Waals surface area contributed by atoms with Crippen molar-refractivity contribution in [2.24, 2.45) is 0 Å². The summed E-state index contributed by atoms with van der Waals surface area (Å²) < 4.78 is 42.3. The molecule has 0 fully saturated rings. The van der Waals surface area contributed by atoms with E-state index in [2.05, 4.69) is 20.5 Å². The topological polar surface area (TPSA) is 77.1 Å². The maximum Gasteiger partial charge on any atom is 0.433 e. The van der Waals surface area contributed by atoms with Crippen molar-refractivity contribution in [2.45, 2.75) is 26.6 Å². The number of carbonyl (C=O) groups excluding carboxylic acids is 1. The molecule has 0 saturated carbocycles. The van der Waals surface area contributed by atoms with Gasteiger partial charge in [-0.1, -0.05) is 41.9 Å². The summed E-state index contributed by atoms with van der Waals surface area (Å²) in [5.74, 6) is -0.558. The number of aryl methyl sites for hydroxylation is 2. The first-order chi connectivity index (χ1) is 14.6. The summed E-state index contributed by atoms with van der Waals surface area (Å²) in [7, 11) is 0. The second-order valence-electron chi connectivity index (χ2n) is 6.95. The molecule has 4 rings (SSSR count). The van der Waals surface area contributed by atoms with Gasteiger partial charge in [0.1, 0.15) is 10.7 Å². The third kappa shape index (κ3) is 4.11. The lowest BCUT2D eigenvalue weighted by atomic mass is 10.2. The number of amides is 1. The standard InChI is InChI=1S/C20H16ClF3N6O/c1-11-8-14(20(22,23)24)30-18(25-11)16(21)17(28-30)19(31)26-15-9-12(2)29(27-15)10-13-6-4-3-5-7-13/h3-9H,10H2,1-2H3,(H,26,27,31). The smallest absolute Gasteiger partial charge is 0.304 e. The molecule has 0 spiro atoms. The minimum Gasteiger partial charge on any atom is -0.304 e. The number of nitrogens with zero attached hydrogens (tertiary/aromatic N) is 5. The largest absolute Gasteiger partial charge is 0.433 e. The Kier molecular flexibility index (Phi) is 5.18. The molecule has 1 aromatic carbocycles. The number of aromatic nitrogens is 5. The van der Waals surface area contributed by atoms with Gasteiger partial charge in [-0.25, -0.2) is 9.50 Å². The van der Waals surface area contributed by atoms with Crippen molar-refractivity contribution in [2.75, 3.05) is 5.32 Å². The molecule has 160 valence electrons. The van der Waals surface area contributed by atoms with Gasteiger partial charge in [-0.05, 0) is 25.5 Å². The van der Waals surface area contributed by atoms with Crippen LogP contribution in [0.25, 0.3) is 5.65 Å². The van der Waals surface area contributed by atoms with E-state index in [4.69, 9.17) is 11.6 Å². The van der Waals surface area contributed by atoms with Crippen LogP contribution in [0.2, 0.25) is 5.02 Å². The van der Waals surface area contributed by atoms with Crippen molar-refractivity contribution in [3.05, 3.63) is 75.8 Å². The lowest BCUT2D eigenvalue weighted by Crippen LogP contribution is -2.16. The molecule has 7 nitrogen and oxygen atoms in total. The maximum absolute atomic E-state index is 13.4. The van der Waals surface area contributed by atoms with E-state index in [1.807, 2.05) is 37.3 Å². The summed E-state index contributed by atoms with van der Waals surface area (Å²) >= 11 is 6.16. The number of hydrogen-bond donors (Lipinski definition) is 1. The summed E-state index contributed by atoms with van der Waals surface area (Å²) in [6.45, 7) is 3.72. The maximum atomic E-state index is 13.4. The van der Waals surface area contributed by atoms with Crippen LogP contribution in [0.15, 0.2) is 42.5 Å². The molecule has 1 N–H and O–H groups in total. The molecule has 0 aliphatic heterocycles. The van der Waals surface area contributed by atoms with Crippen LogP contribution in [-0.2, 0) is 12.7 Å². The van der Waals surface area contributed by atoms with Gasteiger partial charge >= 0.3 is 6.18 Å². The van der Waals surface area contributed by atoms with E-state index in [0.717, 1.165) is 17.3 Å². The first-order valence-corrected chi connectivity index (χ1v) is 9.54. The van der Waals surface area contributed by atoms with Gasteiger partial charge < -0.3 is 5.32 Å². The first kappa shape index (κ1) is 20.9. The summed E-state index contributed by atoms with van der Waals surface area (Å²) in [5, 5.41) is 10.4. The van der Waals surface area contributed by atoms with Gasteiger partial charge in [0, 0.05) is 17.5 Å². The molecule has 1 amide bonds. The fraction of sp³-hybridized carbons (Fsp3) is 0.200. The van der Waals surface area contributed by atoms with E-state index < -0.39 is 17.8 Å². The normalized spacial score (nSPS) is 11.8. The molecule has 0 aliphatic carbocycles. The van der Waals surface area contributed by atoms with Crippen molar-refractivity contribution in [1.82, 2.24) is 24.4 Å². The monoisotopic (exact) mass is 448 g/mol. The second-order valence-corrected chi connectivity index (χ2v) is 7.32. The third-order valence-corrected chi connectivity index (χ3v) is 4.91. The minimum atomic E-state index is -4.69. The number of hydrogen-bond acceptors (Lipinski definition) is 4. The highest BCUT2D eigenvalue weighted by Crippen LogP contribution is 2.32. The zero-order valence-electron chi connectivity index (χ0n) is 16.4. The summed E-state index contributed by atoms with van der Waals surface area (Å²) in [5.41, 5.74) is 0.223. The molecule has 3 heterocycles. The number of alkyl halides is 3. The molecule has 3 aromatic heterocycles. The molecular weight excluding hydrogens is 433 g/mol. The Morgan fingerprint density at radius 2 is 1.84 bits per heavy atom. The molecule has 0 saturated heterocycles. The summed E-state index contributed by atoms with van der Waals surface area (Å²) in [6, 6.07) is 12.1. The Morgan fingerprint density at radius 1 is 1.13 bits per heavy atom. The van der Waals surface area contributed by atoms with E-state index >= 15 is 0 Å². The van der Waals surface area contributed by atoms with Gasteiger partial charge in [-0.15, -0.1) is 0 Å². The van der Waals surface area contributed by atoms with Gasteiger partial charge in [0.2, 0.25) is 0 Å². The highest BCUT2D eigenvalue weighted by Gasteiger charge is 2.36. The van der Waals surface area contributed by atoms with Crippen molar-refractivity contribution in [3.8, 4) is 0 Å². The SMILES string of the molecule is Cc1cc(C(F)(F)F)n2nc(C(=O)Nc3cc(C)n(Cc4ccccc4)n3)c(Cl)c2n1. The van der Waals surface area contributed by atoms with Crippen LogP contribution >= 0.6 is 11.6 Å². The predicted octanol–water partition coefficient (Wildman–Crippen LogP) is 4.52. The van der Waals surface area contributed by atoms with Crippen molar-refractivity contribution >= 4 is 29.0 Å². The molecule has 0 bridgehead atoms. The Hall–Kier alpha value is -3.40. The van der Waals surface area contributed by atoms with Gasteiger partial charge in [0.15, 0.2) is 17.2 Å². The van der Waals surface area contributed by atoms with Crippen LogP contribution in [-0.4, -0.2) is 30.3 Å². The molecule has 0 atom stereocenters. The van der Waals surface area contributed by atoms with Crippen LogP contribution in [0, 0.1) is 13.8 Å². The molecule has 0 unspecified atom stereocenters. The van der Waals surface area contributed by atoms with Gasteiger partial charge in [0.25, 0.3) is 5.91 Å². The summed E-state index contributed by atoms with van der Waals surface area (Å²) in [6.07, 6.45) is -4.69. The average Bonchev–Trinajstić information content (AvgIpc) is 3.21. The van der Waals surface area contributed by atoms with Crippen LogP contribution in [0.4, 0.5) is 19.0 Å². The molecule has 4 aromatic rings. The van der Waals surface area contributed by atoms with Crippen molar-refractivity contribution in [3.63, 3.8) is 0 Å². The van der Waals surface area contributed by atoms with E-state index in [1.165, 1.54) is 6.92 Å². The fourth-order valence-corrected chi connectivity index (χ4v) is 3.37. The lowest BCUT2D eigenvalue weighted by molar-refractivity contribution is -0.142. The Bertz CT molecular complexity index is 1280. The van der Waals surface area contributed by atoms with Crippen LogP contribution < -0.4 is 5.32 Å².